The molecule has 2 aliphatic carbocycles. The van der Waals surface area contributed by atoms with Crippen LogP contribution >= 0.6 is 0 Å². The zero-order chi connectivity index (χ0) is 22.2. The van der Waals surface area contributed by atoms with Crippen LogP contribution in [0.3, 0.4) is 0 Å². The number of benzene rings is 2. The molecule has 2 aliphatic rings. The highest BCUT2D eigenvalue weighted by atomic mass is 14.3. The van der Waals surface area contributed by atoms with E-state index in [-0.39, 0.29) is 0 Å². The maximum Gasteiger partial charge on any atom is -0.0118 e. The molecule has 0 aromatic heterocycles. The Morgan fingerprint density at radius 1 is 0.656 bits per heavy atom. The monoisotopic (exact) mass is 430 g/mol. The molecule has 1 fully saturated rings. The summed E-state index contributed by atoms with van der Waals surface area (Å²) in [5, 5.41) is 0. The molecule has 0 heteroatoms. The predicted octanol–water partition coefficient (Wildman–Crippen LogP) is 9.55. The summed E-state index contributed by atoms with van der Waals surface area (Å²) in [6.45, 7) is 4.61. The first kappa shape index (κ1) is 23.6. The average molecular weight is 431 g/mol. The zero-order valence-corrected chi connectivity index (χ0v) is 20.9. The van der Waals surface area contributed by atoms with E-state index in [4.69, 9.17) is 0 Å². The third kappa shape index (κ3) is 6.27. The largest absolute Gasteiger partial charge is 0.0654 e. The second-order valence-electron chi connectivity index (χ2n) is 10.9. The standard InChI is InChI=1S/C32H46/c1-3-5-7-9-25-11-14-27(15-12-25)28-17-19-29(20-18-28)31-22-21-30-23-26(10-8-6-4-2)13-16-32(30)24-31/h13,16-20,23,25,27,31H,3-12,14-15,21-22,24H2,1-2H3. The number of hydrogen-bond donors (Lipinski definition) is 0. The first-order valence-electron chi connectivity index (χ1n) is 14.0. The Kier molecular flexibility index (Phi) is 8.89. The number of unbranched alkanes of at least 4 members (excludes halogenated alkanes) is 4. The first-order valence-corrected chi connectivity index (χ1v) is 14.0. The lowest BCUT2D eigenvalue weighted by atomic mass is 9.76. The summed E-state index contributed by atoms with van der Waals surface area (Å²) in [4.78, 5) is 0. The van der Waals surface area contributed by atoms with Crippen molar-refractivity contribution in [1.29, 1.82) is 0 Å². The van der Waals surface area contributed by atoms with Gasteiger partial charge in [-0.2, -0.15) is 0 Å². The Hall–Kier alpha value is -1.56. The van der Waals surface area contributed by atoms with Crippen molar-refractivity contribution in [2.45, 2.75) is 122 Å². The first-order chi connectivity index (χ1) is 15.8. The van der Waals surface area contributed by atoms with Gasteiger partial charge in [-0.3, -0.25) is 0 Å². The maximum absolute atomic E-state index is 2.52. The van der Waals surface area contributed by atoms with Crippen molar-refractivity contribution < 1.29 is 0 Å². The highest BCUT2D eigenvalue weighted by molar-refractivity contribution is 5.38. The van der Waals surface area contributed by atoms with Gasteiger partial charge in [-0.1, -0.05) is 94.8 Å². The van der Waals surface area contributed by atoms with Crippen LogP contribution in [0.2, 0.25) is 0 Å². The second-order valence-corrected chi connectivity index (χ2v) is 10.9. The SMILES string of the molecule is CCCCCc1ccc2c(c1)CCC(c1ccc(C3CCC(CCCCC)CC3)cc1)C2. The fraction of sp³-hybridized carbons (Fsp3) is 0.625. The summed E-state index contributed by atoms with van der Waals surface area (Å²) in [5.74, 6) is 2.52. The van der Waals surface area contributed by atoms with E-state index in [9.17, 15) is 0 Å². The third-order valence-electron chi connectivity index (χ3n) is 8.51. The van der Waals surface area contributed by atoms with Crippen LogP contribution < -0.4 is 0 Å². The number of fused-ring (bicyclic) bond motifs is 1. The van der Waals surface area contributed by atoms with Crippen LogP contribution in [-0.4, -0.2) is 0 Å². The molecule has 2 aromatic carbocycles. The maximum atomic E-state index is 2.52. The van der Waals surface area contributed by atoms with Gasteiger partial charge in [-0.15, -0.1) is 0 Å². The molecule has 1 unspecified atom stereocenters. The molecule has 174 valence electrons. The van der Waals surface area contributed by atoms with Gasteiger partial charge in [0.2, 0.25) is 0 Å². The van der Waals surface area contributed by atoms with Crippen molar-refractivity contribution in [1.82, 2.24) is 0 Å². The summed E-state index contributed by atoms with van der Waals surface area (Å²) in [6.07, 6.45) is 20.5. The summed E-state index contributed by atoms with van der Waals surface area (Å²) < 4.78 is 0. The summed E-state index contributed by atoms with van der Waals surface area (Å²) in [5.41, 5.74) is 7.96. The Labute approximate surface area is 198 Å². The average Bonchev–Trinajstić information content (AvgIpc) is 2.85. The van der Waals surface area contributed by atoms with E-state index >= 15 is 0 Å². The van der Waals surface area contributed by atoms with Crippen molar-refractivity contribution in [2.75, 3.05) is 0 Å². The van der Waals surface area contributed by atoms with Crippen LogP contribution in [0.25, 0.3) is 0 Å². The van der Waals surface area contributed by atoms with Crippen LogP contribution in [0.5, 0.6) is 0 Å². The molecule has 0 bridgehead atoms. The van der Waals surface area contributed by atoms with Gasteiger partial charge in [0.05, 0.1) is 0 Å². The van der Waals surface area contributed by atoms with Gasteiger partial charge in [-0.05, 0) is 103 Å². The molecule has 0 amide bonds. The number of rotatable bonds is 10. The fourth-order valence-electron chi connectivity index (χ4n) is 6.34. The lowest BCUT2D eigenvalue weighted by Crippen LogP contribution is -2.14. The molecule has 0 aliphatic heterocycles. The Morgan fingerprint density at radius 2 is 1.34 bits per heavy atom. The van der Waals surface area contributed by atoms with E-state index in [2.05, 4.69) is 56.3 Å². The van der Waals surface area contributed by atoms with Crippen LogP contribution in [-0.2, 0) is 19.3 Å². The summed E-state index contributed by atoms with van der Waals surface area (Å²) in [6, 6.07) is 17.2. The van der Waals surface area contributed by atoms with Crippen molar-refractivity contribution in [3.8, 4) is 0 Å². The minimum absolute atomic E-state index is 0.705. The van der Waals surface area contributed by atoms with Crippen molar-refractivity contribution in [3.63, 3.8) is 0 Å². The lowest BCUT2D eigenvalue weighted by molar-refractivity contribution is 0.303. The highest BCUT2D eigenvalue weighted by Gasteiger charge is 2.23. The topological polar surface area (TPSA) is 0 Å². The molecule has 0 N–H and O–H groups in total. The quantitative estimate of drug-likeness (QED) is 0.329. The molecule has 2 aromatic rings. The molecule has 0 radical (unpaired) electrons. The van der Waals surface area contributed by atoms with Crippen molar-refractivity contribution >= 4 is 0 Å². The van der Waals surface area contributed by atoms with Gasteiger partial charge in [0.15, 0.2) is 0 Å². The van der Waals surface area contributed by atoms with Crippen LogP contribution in [0, 0.1) is 5.92 Å². The van der Waals surface area contributed by atoms with Gasteiger partial charge in [0.25, 0.3) is 0 Å². The van der Waals surface area contributed by atoms with Gasteiger partial charge < -0.3 is 0 Å². The van der Waals surface area contributed by atoms with Crippen molar-refractivity contribution in [2.24, 2.45) is 5.92 Å². The Morgan fingerprint density at radius 3 is 2.06 bits per heavy atom. The predicted molar refractivity (Wildman–Crippen MR) is 140 cm³/mol. The minimum Gasteiger partial charge on any atom is -0.0654 e. The Balaban J connectivity index is 1.29. The van der Waals surface area contributed by atoms with E-state index in [1.165, 1.54) is 96.3 Å². The van der Waals surface area contributed by atoms with E-state index in [1.54, 1.807) is 27.8 Å². The van der Waals surface area contributed by atoms with Crippen LogP contribution in [0.4, 0.5) is 0 Å². The molecule has 1 saturated carbocycles. The van der Waals surface area contributed by atoms with E-state index < -0.39 is 0 Å². The molecular formula is C32H46. The van der Waals surface area contributed by atoms with E-state index in [0.717, 1.165) is 11.8 Å². The smallest absolute Gasteiger partial charge is 0.0118 e. The van der Waals surface area contributed by atoms with Crippen molar-refractivity contribution in [3.05, 3.63) is 70.3 Å². The Bertz CT molecular complexity index is 806. The van der Waals surface area contributed by atoms with Gasteiger partial charge >= 0.3 is 0 Å². The lowest BCUT2D eigenvalue weighted by Gasteiger charge is -2.29. The zero-order valence-electron chi connectivity index (χ0n) is 20.9. The van der Waals surface area contributed by atoms with Gasteiger partial charge in [-0.25, -0.2) is 0 Å². The molecule has 1 atom stereocenters. The van der Waals surface area contributed by atoms with Gasteiger partial charge in [0, 0.05) is 0 Å². The molecule has 32 heavy (non-hydrogen) atoms. The number of aryl methyl sites for hydroxylation is 2. The molecule has 0 heterocycles. The van der Waals surface area contributed by atoms with Crippen LogP contribution in [0.15, 0.2) is 42.5 Å². The molecular weight excluding hydrogens is 384 g/mol. The van der Waals surface area contributed by atoms with Crippen LogP contribution in [0.1, 0.15) is 131 Å². The third-order valence-corrected chi connectivity index (χ3v) is 8.51. The second kappa shape index (κ2) is 12.1. The highest BCUT2D eigenvalue weighted by Crippen LogP contribution is 2.39. The van der Waals surface area contributed by atoms with E-state index in [0.29, 0.717) is 5.92 Å². The molecule has 0 nitrogen and oxygen atoms in total. The fourth-order valence-corrected chi connectivity index (χ4v) is 6.34. The minimum atomic E-state index is 0.705. The van der Waals surface area contributed by atoms with Gasteiger partial charge in [0.1, 0.15) is 0 Å². The molecule has 0 saturated heterocycles. The normalized spacial score (nSPS) is 23.1. The van der Waals surface area contributed by atoms with E-state index in [1.807, 2.05) is 0 Å². The summed E-state index contributed by atoms with van der Waals surface area (Å²) in [7, 11) is 0. The summed E-state index contributed by atoms with van der Waals surface area (Å²) >= 11 is 0. The molecule has 4 rings (SSSR count). The molecule has 0 spiro atoms. The number of hydrogen-bond acceptors (Lipinski definition) is 0.